The van der Waals surface area contributed by atoms with E-state index in [1.54, 1.807) is 23.2 Å². The molecule has 5 nitrogen and oxygen atoms in total. The second-order valence-corrected chi connectivity index (χ2v) is 11.0. The zero-order valence-corrected chi connectivity index (χ0v) is 19.5. The Kier molecular flexibility index (Phi) is 8.36. The Morgan fingerprint density at radius 2 is 1.81 bits per heavy atom. The van der Waals surface area contributed by atoms with Crippen molar-refractivity contribution in [1.29, 1.82) is 0 Å². The quantitative estimate of drug-likeness (QED) is 0.408. The lowest BCUT2D eigenvalue weighted by molar-refractivity contribution is -0.119. The van der Waals surface area contributed by atoms with Crippen molar-refractivity contribution >= 4 is 56.3 Å². The Morgan fingerprint density at radius 3 is 2.45 bits per heavy atom. The molecule has 3 rings (SSSR count). The molecule has 0 saturated carbocycles. The van der Waals surface area contributed by atoms with Crippen LogP contribution >= 0.6 is 34.7 Å². The first-order valence-electron chi connectivity index (χ1n) is 9.27. The largest absolute Gasteiger partial charge is 0.354 e. The first kappa shape index (κ1) is 23.6. The van der Waals surface area contributed by atoms with Crippen LogP contribution in [0.2, 0.25) is 5.02 Å². The van der Waals surface area contributed by atoms with Crippen LogP contribution in [0.4, 0.5) is 10.1 Å². The van der Waals surface area contributed by atoms with Crippen molar-refractivity contribution in [2.24, 2.45) is 0 Å². The third-order valence-electron chi connectivity index (χ3n) is 4.19. The highest BCUT2D eigenvalue weighted by Gasteiger charge is 2.28. The molecule has 0 bridgehead atoms. The maximum absolute atomic E-state index is 13.3. The molecule has 1 aromatic heterocycles. The summed E-state index contributed by atoms with van der Waals surface area (Å²) >= 11 is 8.57. The minimum Gasteiger partial charge on any atom is -0.354 e. The number of thioether (sulfide) groups is 1. The van der Waals surface area contributed by atoms with Gasteiger partial charge in [-0.05, 0) is 53.4 Å². The summed E-state index contributed by atoms with van der Waals surface area (Å²) in [5.41, 5.74) is 1.35. The molecule has 0 radical (unpaired) electrons. The smallest absolute Gasteiger partial charge is 0.274 e. The maximum atomic E-state index is 13.3. The maximum Gasteiger partial charge on any atom is 0.274 e. The monoisotopic (exact) mass is 498 g/mol. The highest BCUT2D eigenvalue weighted by atomic mass is 35.5. The zero-order valence-electron chi connectivity index (χ0n) is 16.3. The molecule has 0 fully saturated rings. The summed E-state index contributed by atoms with van der Waals surface area (Å²) in [4.78, 5) is 12.5. The number of nitrogens with zero attached hydrogens (tertiary/aromatic N) is 1. The molecule has 1 N–H and O–H groups in total. The number of rotatable bonds is 10. The number of benzene rings is 2. The number of hydrogen-bond acceptors (Lipinski definition) is 5. The van der Waals surface area contributed by atoms with Gasteiger partial charge in [0.25, 0.3) is 10.0 Å². The molecule has 2 aromatic carbocycles. The lowest BCUT2D eigenvalue weighted by atomic mass is 10.2. The summed E-state index contributed by atoms with van der Waals surface area (Å²) in [5, 5.41) is 5.08. The number of nitrogens with one attached hydrogen (secondary N) is 1. The van der Waals surface area contributed by atoms with Crippen LogP contribution < -0.4 is 9.62 Å². The number of anilines is 1. The summed E-state index contributed by atoms with van der Waals surface area (Å²) in [6.45, 7) is 0.00111. The van der Waals surface area contributed by atoms with E-state index in [-0.39, 0.29) is 9.90 Å². The average Bonchev–Trinajstić information content (AvgIpc) is 3.30. The zero-order chi connectivity index (χ0) is 22.3. The molecule has 0 atom stereocenters. The Morgan fingerprint density at radius 1 is 1.10 bits per heavy atom. The van der Waals surface area contributed by atoms with Crippen molar-refractivity contribution in [3.63, 3.8) is 0 Å². The van der Waals surface area contributed by atoms with Gasteiger partial charge < -0.3 is 5.32 Å². The van der Waals surface area contributed by atoms with E-state index in [0.29, 0.717) is 17.3 Å². The van der Waals surface area contributed by atoms with Crippen molar-refractivity contribution in [2.45, 2.75) is 9.96 Å². The first-order chi connectivity index (χ1) is 14.9. The van der Waals surface area contributed by atoms with E-state index in [1.165, 1.54) is 18.2 Å². The van der Waals surface area contributed by atoms with E-state index in [1.807, 2.05) is 24.3 Å². The molecule has 3 aromatic rings. The fourth-order valence-electron chi connectivity index (χ4n) is 2.66. The van der Waals surface area contributed by atoms with E-state index >= 15 is 0 Å². The molecule has 0 saturated heterocycles. The van der Waals surface area contributed by atoms with E-state index < -0.39 is 28.3 Å². The molecular formula is C21H20ClFN2O3S3. The summed E-state index contributed by atoms with van der Waals surface area (Å²) in [6, 6.07) is 15.7. The molecule has 0 spiro atoms. The number of carbonyl (C=O) groups excluding carboxylic acids is 1. The van der Waals surface area contributed by atoms with E-state index in [4.69, 9.17) is 11.6 Å². The van der Waals surface area contributed by atoms with Crippen molar-refractivity contribution in [1.82, 2.24) is 5.32 Å². The second kappa shape index (κ2) is 11.0. The molecule has 0 aliphatic carbocycles. The average molecular weight is 499 g/mol. The van der Waals surface area contributed by atoms with E-state index in [9.17, 15) is 17.6 Å². The molecule has 1 heterocycles. The van der Waals surface area contributed by atoms with Crippen molar-refractivity contribution < 1.29 is 17.6 Å². The predicted octanol–water partition coefficient (Wildman–Crippen LogP) is 4.79. The van der Waals surface area contributed by atoms with Gasteiger partial charge in [-0.3, -0.25) is 9.10 Å². The van der Waals surface area contributed by atoms with Gasteiger partial charge in [-0.1, -0.05) is 29.8 Å². The van der Waals surface area contributed by atoms with Gasteiger partial charge in [0.2, 0.25) is 5.91 Å². The van der Waals surface area contributed by atoms with Crippen LogP contribution in [-0.2, 0) is 20.6 Å². The highest BCUT2D eigenvalue weighted by molar-refractivity contribution is 7.98. The normalized spacial score (nSPS) is 11.3. The Balaban J connectivity index is 1.58. The minimum atomic E-state index is -3.94. The first-order valence-corrected chi connectivity index (χ1v) is 13.1. The fourth-order valence-corrected chi connectivity index (χ4v) is 6.13. The van der Waals surface area contributed by atoms with Gasteiger partial charge >= 0.3 is 0 Å². The SMILES string of the molecule is O=C(CN(c1ccc(F)cc1)S(=O)(=O)c1cccs1)NCCSCc1ccc(Cl)cc1. The number of sulfonamides is 1. The van der Waals surface area contributed by atoms with Crippen LogP contribution in [0, 0.1) is 5.82 Å². The van der Waals surface area contributed by atoms with Crippen LogP contribution in [0.3, 0.4) is 0 Å². The van der Waals surface area contributed by atoms with Crippen LogP contribution in [0.1, 0.15) is 5.56 Å². The second-order valence-electron chi connectivity index (χ2n) is 6.45. The third-order valence-corrected chi connectivity index (χ3v) is 8.62. The highest BCUT2D eigenvalue weighted by Crippen LogP contribution is 2.26. The van der Waals surface area contributed by atoms with Crippen LogP contribution in [0.25, 0.3) is 0 Å². The van der Waals surface area contributed by atoms with Gasteiger partial charge in [-0.15, -0.1) is 11.3 Å². The van der Waals surface area contributed by atoms with Crippen LogP contribution in [-0.4, -0.2) is 33.2 Å². The summed E-state index contributed by atoms with van der Waals surface area (Å²) in [7, 11) is -3.94. The van der Waals surface area contributed by atoms with Gasteiger partial charge in [-0.25, -0.2) is 12.8 Å². The summed E-state index contributed by atoms with van der Waals surface area (Å²) in [6.07, 6.45) is 0. The number of amides is 1. The van der Waals surface area contributed by atoms with Crippen LogP contribution in [0.15, 0.2) is 70.3 Å². The molecular weight excluding hydrogens is 479 g/mol. The minimum absolute atomic E-state index is 0.114. The van der Waals surface area contributed by atoms with Gasteiger partial charge in [0.1, 0.15) is 16.6 Å². The van der Waals surface area contributed by atoms with Gasteiger partial charge in [0.15, 0.2) is 0 Å². The fraction of sp³-hybridized carbons (Fsp3) is 0.190. The Labute approximate surface area is 194 Å². The lowest BCUT2D eigenvalue weighted by Crippen LogP contribution is -2.41. The lowest BCUT2D eigenvalue weighted by Gasteiger charge is -2.23. The van der Waals surface area contributed by atoms with E-state index in [2.05, 4.69) is 5.32 Å². The van der Waals surface area contributed by atoms with Crippen molar-refractivity contribution in [3.05, 3.63) is 82.4 Å². The molecule has 0 aliphatic rings. The molecule has 31 heavy (non-hydrogen) atoms. The summed E-state index contributed by atoms with van der Waals surface area (Å²) < 4.78 is 40.5. The number of hydrogen-bond donors (Lipinski definition) is 1. The number of thiophene rings is 1. The van der Waals surface area contributed by atoms with Gasteiger partial charge in [0.05, 0.1) is 5.69 Å². The number of carbonyl (C=O) groups is 1. The number of halogens is 2. The molecule has 0 unspecified atom stereocenters. The topological polar surface area (TPSA) is 66.5 Å². The van der Waals surface area contributed by atoms with Gasteiger partial charge in [0, 0.05) is 23.1 Å². The Bertz CT molecular complexity index is 1090. The Hall–Kier alpha value is -2.07. The molecule has 10 heteroatoms. The van der Waals surface area contributed by atoms with Crippen molar-refractivity contribution in [3.8, 4) is 0 Å². The summed E-state index contributed by atoms with van der Waals surface area (Å²) in [5.74, 6) is 0.528. The van der Waals surface area contributed by atoms with Crippen molar-refractivity contribution in [2.75, 3.05) is 23.1 Å². The predicted molar refractivity (Wildman–Crippen MR) is 126 cm³/mol. The third kappa shape index (κ3) is 6.70. The van der Waals surface area contributed by atoms with Crippen LogP contribution in [0.5, 0.6) is 0 Å². The van der Waals surface area contributed by atoms with E-state index in [0.717, 1.165) is 39.1 Å². The molecule has 0 aliphatic heterocycles. The van der Waals surface area contributed by atoms with Gasteiger partial charge in [-0.2, -0.15) is 11.8 Å². The molecule has 164 valence electrons. The molecule has 1 amide bonds. The standard InChI is InChI=1S/C21H20ClFN2O3S3/c22-17-5-3-16(4-6-17)15-29-13-11-24-20(26)14-25(19-9-7-18(23)8-10-19)31(27,28)21-2-1-12-30-21/h1-10,12H,11,13-15H2,(H,24,26).